The summed E-state index contributed by atoms with van der Waals surface area (Å²) in [5, 5.41) is 0. The van der Waals surface area contributed by atoms with E-state index >= 15 is 0 Å². The lowest BCUT2D eigenvalue weighted by atomic mass is 10.1. The van der Waals surface area contributed by atoms with Crippen LogP contribution in [0.25, 0.3) is 0 Å². The van der Waals surface area contributed by atoms with E-state index in [9.17, 15) is 14.0 Å². The number of nitrogens with zero attached hydrogens (tertiary/aromatic N) is 1. The average molecular weight is 275 g/mol. The van der Waals surface area contributed by atoms with Crippen LogP contribution in [-0.2, 0) is 6.54 Å². The molecule has 0 aliphatic rings. The van der Waals surface area contributed by atoms with E-state index in [1.54, 1.807) is 19.2 Å². The molecule has 5 heteroatoms. The highest BCUT2D eigenvalue weighted by Gasteiger charge is 2.11. The van der Waals surface area contributed by atoms with Crippen molar-refractivity contribution in [2.75, 3.05) is 7.11 Å². The maximum Gasteiger partial charge on any atom is 0.251 e. The highest BCUT2D eigenvalue weighted by molar-refractivity contribution is 5.96. The topological polar surface area (TPSA) is 48.3 Å². The molecule has 20 heavy (non-hydrogen) atoms. The van der Waals surface area contributed by atoms with Gasteiger partial charge in [0.2, 0.25) is 0 Å². The maximum atomic E-state index is 13.5. The highest BCUT2D eigenvalue weighted by Crippen LogP contribution is 2.18. The molecule has 0 fully saturated rings. The van der Waals surface area contributed by atoms with Crippen LogP contribution in [0.2, 0.25) is 0 Å². The summed E-state index contributed by atoms with van der Waals surface area (Å²) in [7, 11) is 1.35. The number of hydrogen-bond donors (Lipinski definition) is 0. The van der Waals surface area contributed by atoms with Crippen molar-refractivity contribution in [3.8, 4) is 5.75 Å². The standard InChI is InChI=1S/C15H14FNO3/c1-10-5-6-17(15(19)7-10)9-13(18)11-3-4-14(20-2)12(16)8-11/h3-8H,9H2,1-2H3. The lowest BCUT2D eigenvalue weighted by molar-refractivity contribution is 0.0970. The van der Waals surface area contributed by atoms with Gasteiger partial charge in [-0.3, -0.25) is 9.59 Å². The molecule has 0 unspecified atom stereocenters. The van der Waals surface area contributed by atoms with Crippen LogP contribution in [0, 0.1) is 12.7 Å². The van der Waals surface area contributed by atoms with Crippen molar-refractivity contribution in [3.05, 3.63) is 63.8 Å². The lowest BCUT2D eigenvalue weighted by Gasteiger charge is -2.07. The number of ether oxygens (including phenoxy) is 1. The molecule has 0 saturated carbocycles. The summed E-state index contributed by atoms with van der Waals surface area (Å²) in [5.41, 5.74) is 0.775. The van der Waals surface area contributed by atoms with Crippen molar-refractivity contribution in [2.45, 2.75) is 13.5 Å². The van der Waals surface area contributed by atoms with Crippen molar-refractivity contribution in [1.29, 1.82) is 0 Å². The van der Waals surface area contributed by atoms with Gasteiger partial charge in [-0.25, -0.2) is 4.39 Å². The number of carbonyl (C=O) groups excluding carboxylic acids is 1. The first kappa shape index (κ1) is 14.0. The summed E-state index contributed by atoms with van der Waals surface area (Å²) in [6, 6.07) is 7.16. The summed E-state index contributed by atoms with van der Waals surface area (Å²) < 4.78 is 19.6. The minimum atomic E-state index is -0.602. The van der Waals surface area contributed by atoms with E-state index in [-0.39, 0.29) is 29.2 Å². The summed E-state index contributed by atoms with van der Waals surface area (Å²) in [6.07, 6.45) is 1.55. The van der Waals surface area contributed by atoms with Gasteiger partial charge in [-0.05, 0) is 36.8 Å². The molecule has 104 valence electrons. The summed E-state index contributed by atoms with van der Waals surface area (Å²) >= 11 is 0. The fraction of sp³-hybridized carbons (Fsp3) is 0.200. The Balaban J connectivity index is 2.24. The van der Waals surface area contributed by atoms with Crippen molar-refractivity contribution in [3.63, 3.8) is 0 Å². The van der Waals surface area contributed by atoms with Crippen LogP contribution in [0.1, 0.15) is 15.9 Å². The van der Waals surface area contributed by atoms with Gasteiger partial charge in [-0.1, -0.05) is 0 Å². The predicted molar refractivity (Wildman–Crippen MR) is 72.7 cm³/mol. The van der Waals surface area contributed by atoms with Gasteiger partial charge in [0, 0.05) is 17.8 Å². The molecule has 0 bridgehead atoms. The Morgan fingerprint density at radius 2 is 2.05 bits per heavy atom. The van der Waals surface area contributed by atoms with Gasteiger partial charge in [0.25, 0.3) is 5.56 Å². The fourth-order valence-corrected chi connectivity index (χ4v) is 1.82. The van der Waals surface area contributed by atoms with Gasteiger partial charge < -0.3 is 9.30 Å². The normalized spacial score (nSPS) is 10.3. The number of ketones is 1. The van der Waals surface area contributed by atoms with E-state index in [0.717, 1.165) is 11.6 Å². The first-order valence-electron chi connectivity index (χ1n) is 6.05. The van der Waals surface area contributed by atoms with Crippen molar-refractivity contribution in [2.24, 2.45) is 0 Å². The Hall–Kier alpha value is -2.43. The molecular weight excluding hydrogens is 261 g/mol. The molecular formula is C15H14FNO3. The monoisotopic (exact) mass is 275 g/mol. The van der Waals surface area contributed by atoms with Crippen LogP contribution in [0.5, 0.6) is 5.75 Å². The van der Waals surface area contributed by atoms with Crippen LogP contribution in [0.4, 0.5) is 4.39 Å². The molecule has 0 saturated heterocycles. The van der Waals surface area contributed by atoms with E-state index in [2.05, 4.69) is 0 Å². The zero-order valence-electron chi connectivity index (χ0n) is 11.2. The van der Waals surface area contributed by atoms with Crippen LogP contribution in [-0.4, -0.2) is 17.5 Å². The molecule has 4 nitrogen and oxygen atoms in total. The highest BCUT2D eigenvalue weighted by atomic mass is 19.1. The number of pyridine rings is 1. The maximum absolute atomic E-state index is 13.5. The second-order valence-corrected chi connectivity index (χ2v) is 4.44. The van der Waals surface area contributed by atoms with Gasteiger partial charge in [-0.15, -0.1) is 0 Å². The number of aryl methyl sites for hydroxylation is 1. The number of benzene rings is 1. The molecule has 1 aromatic carbocycles. The van der Waals surface area contributed by atoms with E-state index in [1.165, 1.54) is 29.9 Å². The Kier molecular flexibility index (Phi) is 3.98. The molecule has 0 spiro atoms. The molecule has 2 rings (SSSR count). The summed E-state index contributed by atoms with van der Waals surface area (Å²) in [4.78, 5) is 23.7. The van der Waals surface area contributed by atoms with Gasteiger partial charge in [0.15, 0.2) is 17.3 Å². The largest absolute Gasteiger partial charge is 0.494 e. The van der Waals surface area contributed by atoms with Crippen LogP contribution in [0.3, 0.4) is 0 Å². The van der Waals surface area contributed by atoms with Gasteiger partial charge in [0.05, 0.1) is 13.7 Å². The summed E-state index contributed by atoms with van der Waals surface area (Å²) in [5.74, 6) is -0.860. The smallest absolute Gasteiger partial charge is 0.251 e. The Morgan fingerprint density at radius 1 is 1.30 bits per heavy atom. The predicted octanol–water partition coefficient (Wildman–Crippen LogP) is 2.19. The zero-order valence-corrected chi connectivity index (χ0v) is 11.2. The van der Waals surface area contributed by atoms with E-state index in [4.69, 9.17) is 4.74 Å². The molecule has 0 atom stereocenters. The Labute approximate surface area is 115 Å². The molecule has 0 radical (unpaired) electrons. The van der Waals surface area contributed by atoms with Gasteiger partial charge >= 0.3 is 0 Å². The minimum Gasteiger partial charge on any atom is -0.494 e. The lowest BCUT2D eigenvalue weighted by Crippen LogP contribution is -2.23. The Morgan fingerprint density at radius 3 is 2.65 bits per heavy atom. The number of hydrogen-bond acceptors (Lipinski definition) is 3. The third-order valence-corrected chi connectivity index (χ3v) is 2.94. The third-order valence-electron chi connectivity index (χ3n) is 2.94. The van der Waals surface area contributed by atoms with E-state index in [1.807, 2.05) is 0 Å². The fourth-order valence-electron chi connectivity index (χ4n) is 1.82. The van der Waals surface area contributed by atoms with Crippen LogP contribution >= 0.6 is 0 Å². The first-order chi connectivity index (χ1) is 9.51. The van der Waals surface area contributed by atoms with Crippen LogP contribution < -0.4 is 10.3 Å². The third kappa shape index (κ3) is 2.93. The quantitative estimate of drug-likeness (QED) is 0.804. The SMILES string of the molecule is COc1ccc(C(=O)Cn2ccc(C)cc2=O)cc1F. The van der Waals surface area contributed by atoms with E-state index in [0.29, 0.717) is 0 Å². The second kappa shape index (κ2) is 5.69. The number of aromatic nitrogens is 1. The molecule has 0 amide bonds. The molecule has 0 aliphatic heterocycles. The first-order valence-corrected chi connectivity index (χ1v) is 6.05. The summed E-state index contributed by atoms with van der Waals surface area (Å²) in [6.45, 7) is 1.68. The number of carbonyl (C=O) groups is 1. The van der Waals surface area contributed by atoms with Gasteiger partial charge in [-0.2, -0.15) is 0 Å². The minimum absolute atomic E-state index is 0.0778. The van der Waals surface area contributed by atoms with Gasteiger partial charge in [0.1, 0.15) is 0 Å². The number of Topliss-reactive ketones (excluding diaryl/α,β-unsaturated/α-hetero) is 1. The molecule has 1 aromatic heterocycles. The van der Waals surface area contributed by atoms with Crippen molar-refractivity contribution in [1.82, 2.24) is 4.57 Å². The molecule has 1 heterocycles. The second-order valence-electron chi connectivity index (χ2n) is 4.44. The van der Waals surface area contributed by atoms with Crippen LogP contribution in [0.15, 0.2) is 41.3 Å². The zero-order chi connectivity index (χ0) is 14.7. The van der Waals surface area contributed by atoms with E-state index < -0.39 is 5.82 Å². The number of halogens is 1. The van der Waals surface area contributed by atoms with Crippen molar-refractivity contribution < 1.29 is 13.9 Å². The number of methoxy groups -OCH3 is 1. The molecule has 0 N–H and O–H groups in total. The van der Waals surface area contributed by atoms with Crippen molar-refractivity contribution >= 4 is 5.78 Å². The molecule has 0 aliphatic carbocycles. The number of rotatable bonds is 4. The Bertz CT molecular complexity index is 707. The molecule has 2 aromatic rings. The average Bonchev–Trinajstić information content (AvgIpc) is 2.41.